The Morgan fingerprint density at radius 2 is 1.65 bits per heavy atom. The highest BCUT2D eigenvalue weighted by atomic mass is 16.5. The molecule has 23 heavy (non-hydrogen) atoms. The first-order valence-corrected chi connectivity index (χ1v) is 7.92. The molecule has 0 unspecified atom stereocenters. The molecule has 0 saturated heterocycles. The van der Waals surface area contributed by atoms with Crippen LogP contribution in [0.1, 0.15) is 17.2 Å². The van der Waals surface area contributed by atoms with Crippen LogP contribution in [0.15, 0.2) is 54.6 Å². The van der Waals surface area contributed by atoms with Gasteiger partial charge >= 0.3 is 0 Å². The van der Waals surface area contributed by atoms with Crippen molar-refractivity contribution < 1.29 is 14.9 Å². The molecule has 124 valence electrons. The highest BCUT2D eigenvalue weighted by molar-refractivity contribution is 5.30. The first-order valence-electron chi connectivity index (χ1n) is 7.92. The quantitative estimate of drug-likeness (QED) is 0.745. The largest absolute Gasteiger partial charge is 0.497 e. The Morgan fingerprint density at radius 3 is 2.26 bits per heavy atom. The molecule has 0 aromatic heterocycles. The number of hydrogen-bond acceptors (Lipinski definition) is 4. The van der Waals surface area contributed by atoms with E-state index in [1.54, 1.807) is 7.11 Å². The van der Waals surface area contributed by atoms with Gasteiger partial charge in [0.1, 0.15) is 5.75 Å². The molecule has 0 fully saturated rings. The highest BCUT2D eigenvalue weighted by Crippen LogP contribution is 2.26. The Labute approximate surface area is 138 Å². The average Bonchev–Trinajstić information content (AvgIpc) is 2.60. The zero-order valence-corrected chi connectivity index (χ0v) is 13.6. The smallest absolute Gasteiger partial charge is 0.119 e. The van der Waals surface area contributed by atoms with Gasteiger partial charge in [0.05, 0.1) is 20.3 Å². The Kier molecular flexibility index (Phi) is 7.07. The molecule has 0 aliphatic rings. The fraction of sp³-hybridized carbons (Fsp3) is 0.368. The van der Waals surface area contributed by atoms with E-state index in [0.717, 1.165) is 12.2 Å². The molecule has 0 spiro atoms. The molecule has 4 heteroatoms. The maximum atomic E-state index is 9.36. The van der Waals surface area contributed by atoms with Gasteiger partial charge in [-0.05, 0) is 29.7 Å². The summed E-state index contributed by atoms with van der Waals surface area (Å²) in [5.74, 6) is 0.838. The van der Waals surface area contributed by atoms with E-state index in [9.17, 15) is 10.2 Å². The molecule has 0 radical (unpaired) electrons. The minimum Gasteiger partial charge on any atom is -0.497 e. The highest BCUT2D eigenvalue weighted by Gasteiger charge is 2.20. The van der Waals surface area contributed by atoms with Crippen LogP contribution >= 0.6 is 0 Å². The van der Waals surface area contributed by atoms with Crippen LogP contribution in [0.4, 0.5) is 0 Å². The summed E-state index contributed by atoms with van der Waals surface area (Å²) in [6, 6.07) is 18.3. The zero-order chi connectivity index (χ0) is 16.5. The van der Waals surface area contributed by atoms with E-state index in [1.807, 2.05) is 36.4 Å². The molecule has 0 bridgehead atoms. The van der Waals surface area contributed by atoms with Gasteiger partial charge in [0.25, 0.3) is 0 Å². The summed E-state index contributed by atoms with van der Waals surface area (Å²) in [6.45, 7) is 1.21. The number of ether oxygens (including phenoxy) is 1. The second-order valence-corrected chi connectivity index (χ2v) is 5.47. The van der Waals surface area contributed by atoms with Gasteiger partial charge in [-0.25, -0.2) is 0 Å². The predicted molar refractivity (Wildman–Crippen MR) is 91.6 cm³/mol. The summed E-state index contributed by atoms with van der Waals surface area (Å²) in [5.41, 5.74) is 2.34. The third kappa shape index (κ3) is 5.06. The van der Waals surface area contributed by atoms with E-state index in [-0.39, 0.29) is 19.3 Å². The third-order valence-electron chi connectivity index (χ3n) is 3.96. The zero-order valence-electron chi connectivity index (χ0n) is 13.6. The van der Waals surface area contributed by atoms with E-state index in [1.165, 1.54) is 11.1 Å². The monoisotopic (exact) mass is 315 g/mol. The molecule has 0 aliphatic heterocycles. The van der Waals surface area contributed by atoms with Crippen molar-refractivity contribution in [2.45, 2.75) is 12.5 Å². The predicted octanol–water partition coefficient (Wildman–Crippen LogP) is 2.27. The molecule has 0 heterocycles. The van der Waals surface area contributed by atoms with Gasteiger partial charge in [-0.3, -0.25) is 4.90 Å². The number of aliphatic hydroxyl groups is 2. The number of hydrogen-bond donors (Lipinski definition) is 2. The molecule has 0 aliphatic carbocycles. The van der Waals surface area contributed by atoms with Gasteiger partial charge in [0, 0.05) is 19.1 Å². The molecule has 0 amide bonds. The van der Waals surface area contributed by atoms with Gasteiger partial charge in [0.15, 0.2) is 0 Å². The minimum absolute atomic E-state index is 0.0709. The lowest BCUT2D eigenvalue weighted by molar-refractivity contribution is 0.121. The second kappa shape index (κ2) is 9.30. The first kappa shape index (κ1) is 17.5. The van der Waals surface area contributed by atoms with Gasteiger partial charge in [-0.15, -0.1) is 0 Å². The average molecular weight is 315 g/mol. The van der Waals surface area contributed by atoms with E-state index in [4.69, 9.17) is 4.74 Å². The number of methoxy groups -OCH3 is 1. The minimum atomic E-state index is 0.0709. The molecule has 2 aromatic carbocycles. The summed E-state index contributed by atoms with van der Waals surface area (Å²) in [7, 11) is 1.66. The molecule has 1 atom stereocenters. The Balaban J connectivity index is 2.28. The number of rotatable bonds is 9. The Morgan fingerprint density at radius 1 is 0.957 bits per heavy atom. The second-order valence-electron chi connectivity index (χ2n) is 5.47. The van der Waals surface area contributed by atoms with Crippen LogP contribution in [-0.4, -0.2) is 48.5 Å². The third-order valence-corrected chi connectivity index (χ3v) is 3.96. The van der Waals surface area contributed by atoms with Gasteiger partial charge in [-0.2, -0.15) is 0 Å². The summed E-state index contributed by atoms with van der Waals surface area (Å²) in [4.78, 5) is 2.12. The molecule has 2 N–H and O–H groups in total. The maximum absolute atomic E-state index is 9.36. The van der Waals surface area contributed by atoms with Crippen molar-refractivity contribution in [1.82, 2.24) is 4.90 Å². The molecule has 2 rings (SSSR count). The van der Waals surface area contributed by atoms with Gasteiger partial charge < -0.3 is 14.9 Å². The lowest BCUT2D eigenvalue weighted by atomic mass is 9.97. The van der Waals surface area contributed by atoms with Crippen molar-refractivity contribution in [3.05, 3.63) is 65.7 Å². The summed E-state index contributed by atoms with van der Waals surface area (Å²) in [5, 5.41) is 18.7. The SMILES string of the molecule is COc1cccc(C[C@@H](c2ccccc2)N(CCO)CCO)c1. The van der Waals surface area contributed by atoms with Crippen LogP contribution in [0.25, 0.3) is 0 Å². The van der Waals surface area contributed by atoms with Crippen LogP contribution in [0.3, 0.4) is 0 Å². The normalized spacial score (nSPS) is 12.3. The van der Waals surface area contributed by atoms with Crippen LogP contribution < -0.4 is 4.74 Å². The van der Waals surface area contributed by atoms with Crippen molar-refractivity contribution in [2.24, 2.45) is 0 Å². The topological polar surface area (TPSA) is 52.9 Å². The van der Waals surface area contributed by atoms with Gasteiger partial charge in [-0.1, -0.05) is 42.5 Å². The van der Waals surface area contributed by atoms with E-state index >= 15 is 0 Å². The van der Waals surface area contributed by atoms with Crippen molar-refractivity contribution in [1.29, 1.82) is 0 Å². The molecule has 0 saturated carbocycles. The fourth-order valence-electron chi connectivity index (χ4n) is 2.84. The van der Waals surface area contributed by atoms with Crippen molar-refractivity contribution in [3.8, 4) is 5.75 Å². The van der Waals surface area contributed by atoms with Crippen molar-refractivity contribution in [2.75, 3.05) is 33.4 Å². The number of nitrogens with zero attached hydrogens (tertiary/aromatic N) is 1. The van der Waals surface area contributed by atoms with E-state index in [2.05, 4.69) is 23.1 Å². The summed E-state index contributed by atoms with van der Waals surface area (Å²) >= 11 is 0. The number of aliphatic hydroxyl groups excluding tert-OH is 2. The van der Waals surface area contributed by atoms with Gasteiger partial charge in [0.2, 0.25) is 0 Å². The fourth-order valence-corrected chi connectivity index (χ4v) is 2.84. The summed E-state index contributed by atoms with van der Waals surface area (Å²) in [6.07, 6.45) is 0.793. The van der Waals surface area contributed by atoms with Crippen LogP contribution in [0.2, 0.25) is 0 Å². The molecular formula is C19H25NO3. The van der Waals surface area contributed by atoms with E-state index < -0.39 is 0 Å². The van der Waals surface area contributed by atoms with Crippen molar-refractivity contribution in [3.63, 3.8) is 0 Å². The summed E-state index contributed by atoms with van der Waals surface area (Å²) < 4.78 is 5.30. The number of benzene rings is 2. The Bertz CT molecular complexity index is 568. The van der Waals surface area contributed by atoms with Crippen LogP contribution in [0, 0.1) is 0 Å². The molecular weight excluding hydrogens is 290 g/mol. The lowest BCUT2D eigenvalue weighted by Crippen LogP contribution is -2.35. The van der Waals surface area contributed by atoms with E-state index in [0.29, 0.717) is 13.1 Å². The lowest BCUT2D eigenvalue weighted by Gasteiger charge is -2.31. The van der Waals surface area contributed by atoms with Crippen molar-refractivity contribution >= 4 is 0 Å². The standard InChI is InChI=1S/C19H25NO3/c1-23-18-9-5-6-16(14-18)15-19(17-7-3-2-4-8-17)20(10-12-21)11-13-22/h2-9,14,19,21-22H,10-13,15H2,1H3/t19-/m0/s1. The Hall–Kier alpha value is -1.88. The maximum Gasteiger partial charge on any atom is 0.119 e. The molecule has 4 nitrogen and oxygen atoms in total. The van der Waals surface area contributed by atoms with Crippen LogP contribution in [0.5, 0.6) is 5.75 Å². The molecule has 2 aromatic rings. The van der Waals surface area contributed by atoms with Crippen LogP contribution in [-0.2, 0) is 6.42 Å². The first-order chi connectivity index (χ1) is 11.3.